The maximum atomic E-state index is 11.9. The van der Waals surface area contributed by atoms with E-state index < -0.39 is 0 Å². The Morgan fingerprint density at radius 1 is 1.23 bits per heavy atom. The number of ketones is 1. The van der Waals surface area contributed by atoms with Gasteiger partial charge in [-0.1, -0.05) is 47.5 Å². The molecule has 0 N–H and O–H groups in total. The number of hydrogen-bond donors (Lipinski definition) is 0. The Balaban J connectivity index is 4.21. The Morgan fingerprint density at radius 2 is 1.77 bits per heavy atom. The van der Waals surface area contributed by atoms with Crippen LogP contribution < -0.4 is 0 Å². The number of rotatable bonds is 6. The third-order valence-corrected chi connectivity index (χ3v) is 2.71. The molecule has 0 aromatic carbocycles. The van der Waals surface area contributed by atoms with Crippen LogP contribution in [0.15, 0.2) is 0 Å². The van der Waals surface area contributed by atoms with Crippen molar-refractivity contribution in [2.24, 2.45) is 11.3 Å². The lowest BCUT2D eigenvalue weighted by Gasteiger charge is -2.25. The van der Waals surface area contributed by atoms with Crippen LogP contribution in [0.5, 0.6) is 0 Å². The minimum atomic E-state index is -0.108. The third kappa shape index (κ3) is 3.93. The molecule has 0 bridgehead atoms. The third-order valence-electron chi connectivity index (χ3n) is 2.71. The molecular formula is C12H24O. The van der Waals surface area contributed by atoms with Crippen LogP contribution >= 0.6 is 0 Å². The van der Waals surface area contributed by atoms with Crippen LogP contribution in [0.1, 0.15) is 60.3 Å². The van der Waals surface area contributed by atoms with E-state index in [1.54, 1.807) is 0 Å². The lowest BCUT2D eigenvalue weighted by atomic mass is 9.77. The average molecular weight is 184 g/mol. The minimum Gasteiger partial charge on any atom is -0.299 e. The van der Waals surface area contributed by atoms with Gasteiger partial charge in [-0.05, 0) is 12.8 Å². The molecule has 1 unspecified atom stereocenters. The highest BCUT2D eigenvalue weighted by Crippen LogP contribution is 2.28. The Labute approximate surface area is 82.9 Å². The fourth-order valence-corrected chi connectivity index (χ4v) is 1.98. The van der Waals surface area contributed by atoms with Gasteiger partial charge in [-0.25, -0.2) is 0 Å². The summed E-state index contributed by atoms with van der Waals surface area (Å²) in [5.74, 6) is 0.683. The van der Waals surface area contributed by atoms with Crippen molar-refractivity contribution in [3.63, 3.8) is 0 Å². The SMILES string of the molecule is CCCC(C)C(=O)C(C)(C)CCC. The van der Waals surface area contributed by atoms with Gasteiger partial charge in [0.1, 0.15) is 5.78 Å². The van der Waals surface area contributed by atoms with Crippen molar-refractivity contribution >= 4 is 5.78 Å². The first-order valence-corrected chi connectivity index (χ1v) is 5.50. The molecule has 0 aliphatic heterocycles. The maximum Gasteiger partial charge on any atom is 0.141 e. The molecule has 0 aromatic heterocycles. The van der Waals surface area contributed by atoms with E-state index in [1.165, 1.54) is 0 Å². The summed E-state index contributed by atoms with van der Waals surface area (Å²) < 4.78 is 0. The van der Waals surface area contributed by atoms with Crippen molar-refractivity contribution in [1.82, 2.24) is 0 Å². The van der Waals surface area contributed by atoms with E-state index in [4.69, 9.17) is 0 Å². The van der Waals surface area contributed by atoms with Gasteiger partial charge in [-0.3, -0.25) is 4.79 Å². The summed E-state index contributed by atoms with van der Waals surface area (Å²) >= 11 is 0. The van der Waals surface area contributed by atoms with E-state index in [0.717, 1.165) is 25.7 Å². The van der Waals surface area contributed by atoms with Gasteiger partial charge in [0.05, 0.1) is 0 Å². The van der Waals surface area contributed by atoms with Gasteiger partial charge in [0.2, 0.25) is 0 Å². The monoisotopic (exact) mass is 184 g/mol. The van der Waals surface area contributed by atoms with Crippen LogP contribution in [0.4, 0.5) is 0 Å². The van der Waals surface area contributed by atoms with Crippen molar-refractivity contribution < 1.29 is 4.79 Å². The number of Topliss-reactive ketones (excluding diaryl/α,β-unsaturated/α-hetero) is 1. The highest BCUT2D eigenvalue weighted by molar-refractivity contribution is 5.85. The van der Waals surface area contributed by atoms with E-state index in [0.29, 0.717) is 5.78 Å². The largest absolute Gasteiger partial charge is 0.299 e. The summed E-state index contributed by atoms with van der Waals surface area (Å²) in [5.41, 5.74) is -0.108. The fraction of sp³-hybridized carbons (Fsp3) is 0.917. The molecule has 0 aliphatic carbocycles. The predicted octanol–water partition coefficient (Wildman–Crippen LogP) is 3.82. The summed E-state index contributed by atoms with van der Waals surface area (Å²) in [4.78, 5) is 11.9. The molecule has 1 nitrogen and oxygen atoms in total. The zero-order valence-electron chi connectivity index (χ0n) is 9.81. The van der Waals surface area contributed by atoms with Crippen molar-refractivity contribution in [1.29, 1.82) is 0 Å². The summed E-state index contributed by atoms with van der Waals surface area (Å²) in [6.45, 7) is 10.5. The van der Waals surface area contributed by atoms with E-state index in [2.05, 4.69) is 34.6 Å². The zero-order chi connectivity index (χ0) is 10.5. The molecular weight excluding hydrogens is 160 g/mol. The smallest absolute Gasteiger partial charge is 0.141 e. The number of hydrogen-bond acceptors (Lipinski definition) is 1. The van der Waals surface area contributed by atoms with Crippen molar-refractivity contribution in [2.45, 2.75) is 60.3 Å². The lowest BCUT2D eigenvalue weighted by Crippen LogP contribution is -2.29. The molecule has 0 heterocycles. The Kier molecular flexibility index (Phi) is 5.27. The topological polar surface area (TPSA) is 17.1 Å². The van der Waals surface area contributed by atoms with Crippen LogP contribution in [0.2, 0.25) is 0 Å². The predicted molar refractivity (Wildman–Crippen MR) is 57.8 cm³/mol. The van der Waals surface area contributed by atoms with Gasteiger partial charge < -0.3 is 0 Å². The highest BCUT2D eigenvalue weighted by Gasteiger charge is 2.29. The van der Waals surface area contributed by atoms with Crippen LogP contribution in [0.25, 0.3) is 0 Å². The molecule has 0 aliphatic rings. The molecule has 13 heavy (non-hydrogen) atoms. The van der Waals surface area contributed by atoms with E-state index in [-0.39, 0.29) is 11.3 Å². The summed E-state index contributed by atoms with van der Waals surface area (Å²) in [6, 6.07) is 0. The zero-order valence-corrected chi connectivity index (χ0v) is 9.81. The maximum absolute atomic E-state index is 11.9. The highest BCUT2D eigenvalue weighted by atomic mass is 16.1. The molecule has 78 valence electrons. The van der Waals surface area contributed by atoms with Crippen LogP contribution in [0, 0.1) is 11.3 Å². The Hall–Kier alpha value is -0.330. The minimum absolute atomic E-state index is 0.108. The van der Waals surface area contributed by atoms with E-state index >= 15 is 0 Å². The van der Waals surface area contributed by atoms with Crippen LogP contribution in [0.3, 0.4) is 0 Å². The summed E-state index contributed by atoms with van der Waals surface area (Å²) in [5, 5.41) is 0. The van der Waals surface area contributed by atoms with Crippen molar-refractivity contribution in [3.05, 3.63) is 0 Å². The van der Waals surface area contributed by atoms with Crippen molar-refractivity contribution in [2.75, 3.05) is 0 Å². The van der Waals surface area contributed by atoms with E-state index in [1.807, 2.05) is 0 Å². The second kappa shape index (κ2) is 5.41. The number of carbonyl (C=O) groups is 1. The summed E-state index contributed by atoms with van der Waals surface area (Å²) in [6.07, 6.45) is 4.25. The molecule has 0 fully saturated rings. The van der Waals surface area contributed by atoms with Crippen molar-refractivity contribution in [3.8, 4) is 0 Å². The fourth-order valence-electron chi connectivity index (χ4n) is 1.98. The van der Waals surface area contributed by atoms with Crippen LogP contribution in [-0.2, 0) is 4.79 Å². The molecule has 1 heteroatoms. The standard InChI is InChI=1S/C12H24O/c1-6-8-10(3)11(13)12(4,5)9-7-2/h10H,6-9H2,1-5H3. The van der Waals surface area contributed by atoms with Crippen LogP contribution in [-0.4, -0.2) is 5.78 Å². The average Bonchev–Trinajstić information content (AvgIpc) is 2.03. The quantitative estimate of drug-likeness (QED) is 0.613. The molecule has 0 aromatic rings. The summed E-state index contributed by atoms with van der Waals surface area (Å²) in [7, 11) is 0. The molecule has 0 rings (SSSR count). The van der Waals surface area contributed by atoms with Gasteiger partial charge >= 0.3 is 0 Å². The first-order chi connectivity index (χ1) is 5.95. The van der Waals surface area contributed by atoms with Gasteiger partial charge in [0, 0.05) is 11.3 Å². The second-order valence-electron chi connectivity index (χ2n) is 4.69. The van der Waals surface area contributed by atoms with Gasteiger partial charge in [-0.15, -0.1) is 0 Å². The molecule has 0 amide bonds. The molecule has 0 saturated carbocycles. The first kappa shape index (κ1) is 12.7. The Bertz CT molecular complexity index is 159. The lowest BCUT2D eigenvalue weighted by molar-refractivity contribution is -0.131. The normalized spacial score (nSPS) is 14.2. The molecule has 1 atom stereocenters. The second-order valence-corrected chi connectivity index (χ2v) is 4.69. The van der Waals surface area contributed by atoms with E-state index in [9.17, 15) is 4.79 Å². The molecule has 0 radical (unpaired) electrons. The van der Waals surface area contributed by atoms with Gasteiger partial charge in [0.25, 0.3) is 0 Å². The van der Waals surface area contributed by atoms with Gasteiger partial charge in [-0.2, -0.15) is 0 Å². The number of carbonyl (C=O) groups excluding carboxylic acids is 1. The Morgan fingerprint density at radius 3 is 2.15 bits per heavy atom. The molecule has 0 saturated heterocycles. The van der Waals surface area contributed by atoms with Gasteiger partial charge in [0.15, 0.2) is 0 Å². The molecule has 0 spiro atoms. The first-order valence-electron chi connectivity index (χ1n) is 5.50.